The van der Waals surface area contributed by atoms with Crippen LogP contribution in [0.3, 0.4) is 0 Å². The number of fused-ring (bicyclic) bond motifs is 1. The number of carbonyl (C=O) groups is 1. The first kappa shape index (κ1) is 20.5. The van der Waals surface area contributed by atoms with Crippen molar-refractivity contribution in [1.82, 2.24) is 9.88 Å². The monoisotopic (exact) mass is 480 g/mol. The third-order valence-electron chi connectivity index (χ3n) is 6.56. The zero-order chi connectivity index (χ0) is 25.7. The minimum absolute atomic E-state index is 0.00695. The number of hydrogen-bond acceptors (Lipinski definition) is 6. The van der Waals surface area contributed by atoms with Crippen LogP contribution in [0.15, 0.2) is 36.4 Å². The van der Waals surface area contributed by atoms with Crippen LogP contribution < -0.4 is 9.47 Å². The lowest BCUT2D eigenvalue weighted by Crippen LogP contribution is -2.53. The van der Waals surface area contributed by atoms with E-state index in [1.165, 1.54) is 42.3 Å². The molecule has 10 heteroatoms. The number of ether oxygens (including phenoxy) is 4. The molecule has 3 fully saturated rings. The summed E-state index contributed by atoms with van der Waals surface area (Å²) < 4.78 is 78.0. The van der Waals surface area contributed by atoms with Gasteiger partial charge in [0.15, 0.2) is 5.75 Å². The molecule has 0 radical (unpaired) electrons. The van der Waals surface area contributed by atoms with Gasteiger partial charge in [-0.25, -0.2) is 18.2 Å². The van der Waals surface area contributed by atoms with Gasteiger partial charge in [-0.05, 0) is 29.8 Å². The number of likely N-dealkylation sites (tertiary alicyclic amines) is 1. The Balaban J connectivity index is 1.30. The Hall–Kier alpha value is -2.85. The number of halogens is 3. The molecule has 34 heavy (non-hydrogen) atoms. The molecule has 1 amide bonds. The standard InChI is InChI=1S/C24H25F3N2O5/c1-31-21-19(32-13-15-10-23(26,27)11-15)6-5-18(28-21)22(30)29-8-7-24(20(12-29)33-14-34-24)16-3-2-4-17(25)9-16/h2-6,9,15,20H,7-8,10-14H2,1H3/t20?,24-/m1/s1/i14D2. The van der Waals surface area contributed by atoms with Crippen molar-refractivity contribution in [3.63, 3.8) is 0 Å². The van der Waals surface area contributed by atoms with Gasteiger partial charge in [0.1, 0.15) is 30.0 Å². The number of amides is 1. The van der Waals surface area contributed by atoms with E-state index in [0.717, 1.165) is 0 Å². The van der Waals surface area contributed by atoms with Crippen molar-refractivity contribution in [3.05, 3.63) is 53.5 Å². The Labute approximate surface area is 197 Å². The lowest BCUT2D eigenvalue weighted by Gasteiger charge is -2.41. The van der Waals surface area contributed by atoms with Crippen LogP contribution in [0.5, 0.6) is 11.6 Å². The van der Waals surface area contributed by atoms with Crippen molar-refractivity contribution in [2.75, 3.05) is 33.6 Å². The quantitative estimate of drug-likeness (QED) is 0.627. The van der Waals surface area contributed by atoms with Crippen molar-refractivity contribution >= 4 is 5.91 Å². The van der Waals surface area contributed by atoms with Crippen LogP contribution in [-0.2, 0) is 15.1 Å². The molecular formula is C24H25F3N2O5. The third kappa shape index (κ3) is 4.20. The van der Waals surface area contributed by atoms with Gasteiger partial charge in [-0.15, -0.1) is 0 Å². The Bertz CT molecular complexity index is 1160. The highest BCUT2D eigenvalue weighted by Gasteiger charge is 2.51. The van der Waals surface area contributed by atoms with Crippen molar-refractivity contribution in [1.29, 1.82) is 0 Å². The molecule has 1 aromatic carbocycles. The number of benzene rings is 1. The van der Waals surface area contributed by atoms with E-state index in [4.69, 9.17) is 21.7 Å². The Kier molecular flexibility index (Phi) is 5.27. The summed E-state index contributed by atoms with van der Waals surface area (Å²) in [6.45, 7) is -2.13. The summed E-state index contributed by atoms with van der Waals surface area (Å²) in [5, 5.41) is 0. The largest absolute Gasteiger partial charge is 0.488 e. The van der Waals surface area contributed by atoms with Gasteiger partial charge < -0.3 is 23.8 Å². The number of aromatic nitrogens is 1. The van der Waals surface area contributed by atoms with Gasteiger partial charge in [0.2, 0.25) is 5.92 Å². The number of piperidine rings is 1. The average molecular weight is 480 g/mol. The first-order chi connectivity index (χ1) is 17.0. The summed E-state index contributed by atoms with van der Waals surface area (Å²) in [5.74, 6) is -3.53. The maximum Gasteiger partial charge on any atom is 0.272 e. The molecule has 1 unspecified atom stereocenters. The van der Waals surface area contributed by atoms with E-state index in [0.29, 0.717) is 5.56 Å². The number of nitrogens with zero attached hydrogens (tertiary/aromatic N) is 2. The molecule has 7 nitrogen and oxygen atoms in total. The molecule has 2 atom stereocenters. The molecule has 182 valence electrons. The molecular weight excluding hydrogens is 453 g/mol. The fraction of sp³-hybridized carbons (Fsp3) is 0.500. The summed E-state index contributed by atoms with van der Waals surface area (Å²) >= 11 is 0. The topological polar surface area (TPSA) is 70.1 Å². The van der Waals surface area contributed by atoms with Crippen LogP contribution in [0, 0.1) is 11.7 Å². The van der Waals surface area contributed by atoms with Gasteiger partial charge >= 0.3 is 0 Å². The van der Waals surface area contributed by atoms with Gasteiger partial charge in [0.05, 0.1) is 23.0 Å². The lowest BCUT2D eigenvalue weighted by molar-refractivity contribution is -0.119. The number of methoxy groups -OCH3 is 1. The summed E-state index contributed by atoms with van der Waals surface area (Å²) in [6, 6.07) is 8.69. The second-order valence-corrected chi connectivity index (χ2v) is 8.84. The normalized spacial score (nSPS) is 28.4. The predicted molar refractivity (Wildman–Crippen MR) is 113 cm³/mol. The van der Waals surface area contributed by atoms with Gasteiger partial charge in [-0.2, -0.15) is 0 Å². The van der Waals surface area contributed by atoms with E-state index in [1.807, 2.05) is 0 Å². The number of rotatable bonds is 6. The molecule has 3 aliphatic rings. The van der Waals surface area contributed by atoms with Crippen LogP contribution >= 0.6 is 0 Å². The molecule has 2 aromatic rings. The maximum absolute atomic E-state index is 13.9. The zero-order valence-electron chi connectivity index (χ0n) is 20.4. The van der Waals surface area contributed by atoms with Gasteiger partial charge in [-0.1, -0.05) is 12.1 Å². The van der Waals surface area contributed by atoms with Gasteiger partial charge in [0.25, 0.3) is 11.8 Å². The number of pyridine rings is 1. The fourth-order valence-electron chi connectivity index (χ4n) is 4.71. The van der Waals surface area contributed by atoms with Crippen LogP contribution in [0.1, 0.15) is 38.1 Å². The summed E-state index contributed by atoms with van der Waals surface area (Å²) in [5.41, 5.74) is -0.746. The van der Waals surface area contributed by atoms with E-state index >= 15 is 0 Å². The number of alkyl halides is 2. The molecule has 0 bridgehead atoms. The second-order valence-electron chi connectivity index (χ2n) is 8.84. The van der Waals surface area contributed by atoms with Crippen molar-refractivity contribution in [3.8, 4) is 11.6 Å². The highest BCUT2D eigenvalue weighted by molar-refractivity contribution is 5.92. The second kappa shape index (κ2) is 8.74. The minimum atomic E-state index is -2.64. The Morgan fingerprint density at radius 3 is 2.88 bits per heavy atom. The SMILES string of the molecule is [2H]C1([2H])OC2CN(C(=O)c3ccc(OCC4CC(F)(F)C4)c(OC)n3)CC[C@]2(c2cccc(F)c2)O1. The average Bonchev–Trinajstić information content (AvgIpc) is 3.11. The molecule has 1 saturated carbocycles. The van der Waals surface area contributed by atoms with E-state index in [9.17, 15) is 18.0 Å². The van der Waals surface area contributed by atoms with Crippen LogP contribution in [0.25, 0.3) is 0 Å². The number of carbonyl (C=O) groups excluding carboxylic acids is 1. The zero-order valence-corrected chi connectivity index (χ0v) is 18.4. The summed E-state index contributed by atoms with van der Waals surface area (Å²) in [6.07, 6.45) is -1.15. The molecule has 0 spiro atoms. The van der Waals surface area contributed by atoms with Crippen LogP contribution in [0.4, 0.5) is 13.2 Å². The molecule has 5 rings (SSSR count). The smallest absolute Gasteiger partial charge is 0.272 e. The summed E-state index contributed by atoms with van der Waals surface area (Å²) in [4.78, 5) is 19.0. The molecule has 2 saturated heterocycles. The van der Waals surface area contributed by atoms with E-state index in [1.54, 1.807) is 6.07 Å². The molecule has 3 heterocycles. The van der Waals surface area contributed by atoms with Gasteiger partial charge in [-0.3, -0.25) is 4.79 Å². The molecule has 2 aliphatic heterocycles. The third-order valence-corrected chi connectivity index (χ3v) is 6.56. The van der Waals surface area contributed by atoms with Gasteiger partial charge in [0, 0.05) is 31.7 Å². The fourth-order valence-corrected chi connectivity index (χ4v) is 4.71. The minimum Gasteiger partial charge on any atom is -0.488 e. The first-order valence-corrected chi connectivity index (χ1v) is 11.0. The predicted octanol–water partition coefficient (Wildman–Crippen LogP) is 3.77. The molecule has 1 aromatic heterocycles. The molecule has 0 N–H and O–H groups in total. The maximum atomic E-state index is 13.9. The van der Waals surface area contributed by atoms with Crippen molar-refractivity contribution in [2.45, 2.75) is 36.9 Å². The highest BCUT2D eigenvalue weighted by atomic mass is 19.3. The Morgan fingerprint density at radius 1 is 1.32 bits per heavy atom. The van der Waals surface area contributed by atoms with Crippen LogP contribution in [-0.4, -0.2) is 61.4 Å². The molecule has 1 aliphatic carbocycles. The van der Waals surface area contributed by atoms with Crippen LogP contribution in [0.2, 0.25) is 0 Å². The first-order valence-electron chi connectivity index (χ1n) is 12.0. The van der Waals surface area contributed by atoms with Crippen molar-refractivity contribution < 1.29 is 39.7 Å². The van der Waals surface area contributed by atoms with Crippen molar-refractivity contribution in [2.24, 2.45) is 5.92 Å². The lowest BCUT2D eigenvalue weighted by atomic mass is 9.82. The van der Waals surface area contributed by atoms with E-state index < -0.39 is 36.1 Å². The van der Waals surface area contributed by atoms with E-state index in [2.05, 4.69) is 4.98 Å². The Morgan fingerprint density at radius 2 is 2.15 bits per heavy atom. The number of hydrogen-bond donors (Lipinski definition) is 0. The summed E-state index contributed by atoms with van der Waals surface area (Å²) in [7, 11) is 1.36. The highest BCUT2D eigenvalue weighted by Crippen LogP contribution is 2.44. The van der Waals surface area contributed by atoms with E-state index in [-0.39, 0.29) is 62.2 Å².